The largest absolute Gasteiger partial charge is 0.430 e. The summed E-state index contributed by atoms with van der Waals surface area (Å²) >= 11 is 0. The molecule has 0 unspecified atom stereocenters. The molecule has 0 aliphatic rings. The maximum Gasteiger partial charge on any atom is 0.335 e. The third-order valence-corrected chi connectivity index (χ3v) is 2.61. The first-order chi connectivity index (χ1) is 8.66. The van der Waals surface area contributed by atoms with E-state index >= 15 is 0 Å². The van der Waals surface area contributed by atoms with Crippen LogP contribution in [0.25, 0.3) is 0 Å². The lowest BCUT2D eigenvalue weighted by Gasteiger charge is -2.13. The van der Waals surface area contributed by atoms with E-state index in [4.69, 9.17) is 0 Å². The second kappa shape index (κ2) is 5.31. The second-order valence-corrected chi connectivity index (χ2v) is 3.95. The highest BCUT2D eigenvalue weighted by Gasteiger charge is 2.11. The van der Waals surface area contributed by atoms with Gasteiger partial charge in [-0.3, -0.25) is 4.79 Å². The van der Waals surface area contributed by atoms with Crippen LogP contribution in [-0.2, 0) is 0 Å². The van der Waals surface area contributed by atoms with Crippen molar-refractivity contribution < 1.29 is 9.21 Å². The molecule has 92 valence electrons. The fraction of sp³-hybridized carbons (Fsp3) is 0.143. The number of rotatable bonds is 3. The topological polar surface area (TPSA) is 59.3 Å². The van der Waals surface area contributed by atoms with Crippen molar-refractivity contribution in [3.63, 3.8) is 0 Å². The van der Waals surface area contributed by atoms with E-state index in [-0.39, 0.29) is 11.9 Å². The van der Waals surface area contributed by atoms with Crippen LogP contribution >= 0.6 is 0 Å². The Balaban J connectivity index is 2.08. The van der Waals surface area contributed by atoms with Gasteiger partial charge in [-0.05, 0) is 18.6 Å². The van der Waals surface area contributed by atoms with Crippen molar-refractivity contribution in [1.82, 2.24) is 5.32 Å². The molecule has 0 aliphatic heterocycles. The van der Waals surface area contributed by atoms with E-state index in [1.807, 2.05) is 37.3 Å². The molecule has 0 bridgehead atoms. The van der Waals surface area contributed by atoms with E-state index in [0.29, 0.717) is 5.56 Å². The molecule has 1 atom stereocenters. The Labute approximate surface area is 104 Å². The van der Waals surface area contributed by atoms with Gasteiger partial charge in [-0.2, -0.15) is 0 Å². The minimum absolute atomic E-state index is 0.106. The third-order valence-electron chi connectivity index (χ3n) is 2.61. The van der Waals surface area contributed by atoms with E-state index in [1.165, 1.54) is 12.1 Å². The van der Waals surface area contributed by atoms with Crippen molar-refractivity contribution in [2.75, 3.05) is 0 Å². The lowest BCUT2D eigenvalue weighted by atomic mass is 10.1. The summed E-state index contributed by atoms with van der Waals surface area (Å²) in [4.78, 5) is 22.7. The number of hydrogen-bond donors (Lipinski definition) is 1. The maximum atomic E-state index is 11.9. The molecule has 0 aliphatic carbocycles. The standard InChI is InChI=1S/C14H13NO3/c1-10(11-5-3-2-4-6-11)15-14(17)12-7-8-13(16)18-9-12/h2-10H,1H3,(H,15,17)/t10-/m1/s1. The minimum Gasteiger partial charge on any atom is -0.430 e. The van der Waals surface area contributed by atoms with E-state index in [2.05, 4.69) is 9.73 Å². The molecule has 0 spiro atoms. The van der Waals surface area contributed by atoms with Crippen LogP contribution in [0.1, 0.15) is 28.9 Å². The average molecular weight is 243 g/mol. The van der Waals surface area contributed by atoms with E-state index < -0.39 is 5.63 Å². The Kier molecular flexibility index (Phi) is 3.57. The van der Waals surface area contributed by atoms with E-state index in [9.17, 15) is 9.59 Å². The van der Waals surface area contributed by atoms with Crippen molar-refractivity contribution >= 4 is 5.91 Å². The first-order valence-electron chi connectivity index (χ1n) is 5.61. The zero-order valence-corrected chi connectivity index (χ0v) is 9.92. The lowest BCUT2D eigenvalue weighted by Crippen LogP contribution is -2.26. The summed E-state index contributed by atoms with van der Waals surface area (Å²) in [6.07, 6.45) is 1.16. The van der Waals surface area contributed by atoms with Crippen molar-refractivity contribution in [3.05, 3.63) is 70.3 Å². The third kappa shape index (κ3) is 2.85. The quantitative estimate of drug-likeness (QED) is 0.898. The second-order valence-electron chi connectivity index (χ2n) is 3.95. The number of carbonyl (C=O) groups is 1. The highest BCUT2D eigenvalue weighted by atomic mass is 16.4. The number of carbonyl (C=O) groups excluding carboxylic acids is 1. The van der Waals surface area contributed by atoms with Gasteiger partial charge in [0.1, 0.15) is 6.26 Å². The molecule has 4 nitrogen and oxygen atoms in total. The van der Waals surface area contributed by atoms with Crippen molar-refractivity contribution in [3.8, 4) is 0 Å². The van der Waals surface area contributed by atoms with Crippen LogP contribution in [0.4, 0.5) is 0 Å². The predicted molar refractivity (Wildman–Crippen MR) is 67.3 cm³/mol. The van der Waals surface area contributed by atoms with Gasteiger partial charge in [-0.25, -0.2) is 4.79 Å². The Bertz CT molecular complexity index is 569. The van der Waals surface area contributed by atoms with E-state index in [1.54, 1.807) is 0 Å². The molecule has 0 radical (unpaired) electrons. The van der Waals surface area contributed by atoms with E-state index in [0.717, 1.165) is 11.8 Å². The zero-order valence-electron chi connectivity index (χ0n) is 9.92. The summed E-state index contributed by atoms with van der Waals surface area (Å²) in [7, 11) is 0. The summed E-state index contributed by atoms with van der Waals surface area (Å²) in [5.74, 6) is -0.268. The number of hydrogen-bond acceptors (Lipinski definition) is 3. The van der Waals surface area contributed by atoms with Crippen LogP contribution in [0, 0.1) is 0 Å². The van der Waals surface area contributed by atoms with Gasteiger partial charge in [0.05, 0.1) is 11.6 Å². The molecule has 1 aromatic carbocycles. The molecule has 1 N–H and O–H groups in total. The van der Waals surface area contributed by atoms with Crippen LogP contribution < -0.4 is 10.9 Å². The Morgan fingerprint density at radius 1 is 1.17 bits per heavy atom. The monoisotopic (exact) mass is 243 g/mol. The zero-order chi connectivity index (χ0) is 13.0. The smallest absolute Gasteiger partial charge is 0.335 e. The summed E-state index contributed by atoms with van der Waals surface area (Å²) in [6, 6.07) is 12.2. The molecular weight excluding hydrogens is 230 g/mol. The summed E-state index contributed by atoms with van der Waals surface area (Å²) < 4.78 is 4.65. The van der Waals surface area contributed by atoms with Gasteiger partial charge in [-0.15, -0.1) is 0 Å². The molecule has 2 aromatic rings. The molecule has 0 saturated carbocycles. The van der Waals surface area contributed by atoms with Gasteiger partial charge in [0.2, 0.25) is 0 Å². The SMILES string of the molecule is C[C@@H](NC(=O)c1ccc(=O)oc1)c1ccccc1. The fourth-order valence-electron chi connectivity index (χ4n) is 1.59. The summed E-state index contributed by atoms with van der Waals surface area (Å²) in [5, 5.41) is 2.83. The van der Waals surface area contributed by atoms with Crippen LogP contribution in [-0.4, -0.2) is 5.91 Å². The molecule has 1 aromatic heterocycles. The molecular formula is C14H13NO3. The molecule has 1 amide bonds. The lowest BCUT2D eigenvalue weighted by molar-refractivity contribution is 0.0937. The first-order valence-corrected chi connectivity index (χ1v) is 5.61. The van der Waals surface area contributed by atoms with Crippen molar-refractivity contribution in [2.24, 2.45) is 0 Å². The molecule has 1 heterocycles. The predicted octanol–water partition coefficient (Wildman–Crippen LogP) is 2.13. The van der Waals surface area contributed by atoms with Gasteiger partial charge in [-0.1, -0.05) is 30.3 Å². The summed E-state index contributed by atoms with van der Waals surface area (Å²) in [5.41, 5.74) is 0.878. The van der Waals surface area contributed by atoms with Crippen LogP contribution in [0.15, 0.2) is 57.9 Å². The number of amides is 1. The molecule has 18 heavy (non-hydrogen) atoms. The Morgan fingerprint density at radius 2 is 1.89 bits per heavy atom. The summed E-state index contributed by atoms with van der Waals surface area (Å²) in [6.45, 7) is 1.90. The van der Waals surface area contributed by atoms with Gasteiger partial charge in [0, 0.05) is 6.07 Å². The molecule has 2 rings (SSSR count). The van der Waals surface area contributed by atoms with Gasteiger partial charge in [0.25, 0.3) is 5.91 Å². The number of nitrogens with one attached hydrogen (secondary N) is 1. The van der Waals surface area contributed by atoms with Crippen LogP contribution in [0.5, 0.6) is 0 Å². The van der Waals surface area contributed by atoms with Gasteiger partial charge in [0.15, 0.2) is 0 Å². The number of benzene rings is 1. The van der Waals surface area contributed by atoms with Crippen LogP contribution in [0.2, 0.25) is 0 Å². The first kappa shape index (κ1) is 12.1. The maximum absolute atomic E-state index is 11.9. The Hall–Kier alpha value is -2.36. The van der Waals surface area contributed by atoms with Crippen LogP contribution in [0.3, 0.4) is 0 Å². The van der Waals surface area contributed by atoms with Crippen molar-refractivity contribution in [2.45, 2.75) is 13.0 Å². The average Bonchev–Trinajstić information content (AvgIpc) is 2.40. The van der Waals surface area contributed by atoms with Crippen molar-refractivity contribution in [1.29, 1.82) is 0 Å². The fourth-order valence-corrected chi connectivity index (χ4v) is 1.59. The molecule has 0 saturated heterocycles. The normalized spacial score (nSPS) is 11.8. The van der Waals surface area contributed by atoms with Gasteiger partial charge >= 0.3 is 5.63 Å². The highest BCUT2D eigenvalue weighted by Crippen LogP contribution is 2.11. The molecule has 0 fully saturated rings. The highest BCUT2D eigenvalue weighted by molar-refractivity contribution is 5.93. The van der Waals surface area contributed by atoms with Gasteiger partial charge < -0.3 is 9.73 Å². The minimum atomic E-state index is -0.470. The molecule has 4 heteroatoms. The Morgan fingerprint density at radius 3 is 2.50 bits per heavy atom.